The fraction of sp³-hybridized carbons (Fsp3) is 0.320. The summed E-state index contributed by atoms with van der Waals surface area (Å²) in [6.45, 7) is 15.6. The zero-order valence-corrected chi connectivity index (χ0v) is 34.7. The SMILES string of the molecule is CC(C)=CCCC(C)=CCc1c(O)cc2c(c1O)C(=O)c1c(O)cc(C)cc1C2C1c2cc(C)cc(O)c2C(=O)c2c1cc(O)c(CC=C(C)CCC=C(C)C)c2O. The van der Waals surface area contributed by atoms with E-state index in [2.05, 4.69) is 12.2 Å². The molecule has 6 N–H and O–H groups in total. The molecule has 8 heteroatoms. The minimum absolute atomic E-state index is 0.0425. The average Bonchev–Trinajstić information content (AvgIpc) is 3.11. The van der Waals surface area contributed by atoms with E-state index in [4.69, 9.17) is 0 Å². The highest BCUT2D eigenvalue weighted by atomic mass is 16.3. The van der Waals surface area contributed by atoms with Crippen LogP contribution in [0, 0.1) is 13.8 Å². The Morgan fingerprint density at radius 3 is 1.17 bits per heavy atom. The van der Waals surface area contributed by atoms with Gasteiger partial charge in [0.15, 0.2) is 0 Å². The molecule has 0 saturated heterocycles. The molecule has 0 aliphatic heterocycles. The van der Waals surface area contributed by atoms with Gasteiger partial charge >= 0.3 is 0 Å². The van der Waals surface area contributed by atoms with Gasteiger partial charge in [0, 0.05) is 23.0 Å². The largest absolute Gasteiger partial charge is 0.508 e. The van der Waals surface area contributed by atoms with Crippen molar-refractivity contribution in [1.29, 1.82) is 0 Å². The van der Waals surface area contributed by atoms with Crippen molar-refractivity contribution >= 4 is 11.6 Å². The first-order valence-electron chi connectivity index (χ1n) is 19.9. The number of phenols is 6. The molecule has 0 spiro atoms. The summed E-state index contributed by atoms with van der Waals surface area (Å²) in [5.74, 6) is -5.11. The maximum atomic E-state index is 14.5. The zero-order chi connectivity index (χ0) is 42.3. The number of aryl methyl sites for hydroxylation is 2. The van der Waals surface area contributed by atoms with Gasteiger partial charge in [0.25, 0.3) is 0 Å². The van der Waals surface area contributed by atoms with Gasteiger partial charge in [-0.15, -0.1) is 0 Å². The highest BCUT2D eigenvalue weighted by Crippen LogP contribution is 2.58. The monoisotopic (exact) mass is 782 g/mol. The van der Waals surface area contributed by atoms with Gasteiger partial charge in [-0.2, -0.15) is 0 Å². The van der Waals surface area contributed by atoms with E-state index in [9.17, 15) is 40.2 Å². The van der Waals surface area contributed by atoms with Gasteiger partial charge in [-0.1, -0.05) is 58.7 Å². The molecular formula is C50H54O8. The summed E-state index contributed by atoms with van der Waals surface area (Å²) >= 11 is 0. The van der Waals surface area contributed by atoms with E-state index in [0.29, 0.717) is 22.3 Å². The first-order chi connectivity index (χ1) is 27.4. The molecule has 0 heterocycles. The third-order valence-corrected chi connectivity index (χ3v) is 11.5. The summed E-state index contributed by atoms with van der Waals surface area (Å²) in [4.78, 5) is 29.0. The Bertz CT molecular complexity index is 2310. The van der Waals surface area contributed by atoms with E-state index in [1.807, 2.05) is 53.7 Å². The third-order valence-electron chi connectivity index (χ3n) is 11.5. The lowest BCUT2D eigenvalue weighted by Gasteiger charge is -2.39. The van der Waals surface area contributed by atoms with Crippen LogP contribution in [0.1, 0.15) is 155 Å². The van der Waals surface area contributed by atoms with Gasteiger partial charge in [-0.05, 0) is 152 Å². The molecule has 302 valence electrons. The molecule has 4 aromatic carbocycles. The van der Waals surface area contributed by atoms with E-state index < -0.39 is 34.9 Å². The van der Waals surface area contributed by atoms with E-state index in [1.165, 1.54) is 35.4 Å². The number of fused-ring (bicyclic) bond motifs is 4. The molecule has 0 radical (unpaired) electrons. The van der Waals surface area contributed by atoms with Crippen molar-refractivity contribution in [2.75, 3.05) is 0 Å². The topological polar surface area (TPSA) is 156 Å². The first-order valence-corrected chi connectivity index (χ1v) is 19.9. The number of hydrogen-bond donors (Lipinski definition) is 6. The van der Waals surface area contributed by atoms with Crippen LogP contribution in [0.3, 0.4) is 0 Å². The van der Waals surface area contributed by atoms with Crippen molar-refractivity contribution in [2.24, 2.45) is 0 Å². The summed E-state index contributed by atoms with van der Waals surface area (Å²) < 4.78 is 0. The number of hydrogen-bond acceptors (Lipinski definition) is 8. The highest BCUT2D eigenvalue weighted by Gasteiger charge is 2.47. The quantitative estimate of drug-likeness (QED) is 0.0821. The Morgan fingerprint density at radius 1 is 0.483 bits per heavy atom. The molecule has 2 aliphatic carbocycles. The lowest BCUT2D eigenvalue weighted by molar-refractivity contribution is 0.101. The van der Waals surface area contributed by atoms with Gasteiger partial charge in [0.1, 0.15) is 34.5 Å². The van der Waals surface area contributed by atoms with Crippen molar-refractivity contribution in [3.8, 4) is 34.5 Å². The molecule has 2 atom stereocenters. The second-order valence-corrected chi connectivity index (χ2v) is 16.6. The highest BCUT2D eigenvalue weighted by molar-refractivity contribution is 6.18. The van der Waals surface area contributed by atoms with Gasteiger partial charge in [-0.3, -0.25) is 9.59 Å². The zero-order valence-electron chi connectivity index (χ0n) is 34.7. The number of carbonyl (C=O) groups excluding carboxylic acids is 2. The number of phenolic OH excluding ortho intramolecular Hbond substituents is 6. The number of ketones is 2. The van der Waals surface area contributed by atoms with E-state index in [-0.39, 0.29) is 80.3 Å². The lowest BCUT2D eigenvalue weighted by atomic mass is 9.63. The van der Waals surface area contributed by atoms with Crippen molar-refractivity contribution < 1.29 is 40.2 Å². The fourth-order valence-corrected chi connectivity index (χ4v) is 8.61. The van der Waals surface area contributed by atoms with E-state index in [1.54, 1.807) is 26.0 Å². The third kappa shape index (κ3) is 7.80. The van der Waals surface area contributed by atoms with Crippen LogP contribution in [0.2, 0.25) is 0 Å². The van der Waals surface area contributed by atoms with Crippen LogP contribution in [0.5, 0.6) is 34.5 Å². The van der Waals surface area contributed by atoms with Crippen LogP contribution in [0.15, 0.2) is 83.0 Å². The summed E-state index contributed by atoms with van der Waals surface area (Å²) in [6, 6.07) is 9.37. The van der Waals surface area contributed by atoms with Crippen LogP contribution >= 0.6 is 0 Å². The molecule has 0 bridgehead atoms. The number of rotatable bonds is 11. The average molecular weight is 783 g/mol. The van der Waals surface area contributed by atoms with E-state index in [0.717, 1.165) is 36.8 Å². The van der Waals surface area contributed by atoms with Crippen LogP contribution in [0.4, 0.5) is 0 Å². The van der Waals surface area contributed by atoms with Crippen LogP contribution < -0.4 is 0 Å². The van der Waals surface area contributed by atoms with Crippen molar-refractivity contribution in [3.63, 3.8) is 0 Å². The molecule has 0 saturated carbocycles. The van der Waals surface area contributed by atoms with Gasteiger partial charge in [-0.25, -0.2) is 0 Å². The van der Waals surface area contributed by atoms with Crippen LogP contribution in [-0.4, -0.2) is 42.2 Å². The van der Waals surface area contributed by atoms with E-state index >= 15 is 0 Å². The second kappa shape index (κ2) is 16.5. The predicted octanol–water partition coefficient (Wildman–Crippen LogP) is 11.1. The maximum absolute atomic E-state index is 14.5. The standard InChI is InChI=1S/C50H54O8/c1-25(2)11-9-13-27(5)15-17-31-37(51)23-35-41(33-19-29(7)21-39(53)43(33)49(57)45(35)47(31)55)42-34-20-30(8)22-40(54)44(34)50(58)46-36(42)24-38(52)32(48(46)56)18-16-28(6)14-10-12-26(3)4/h11-12,15-16,19-24,41-42,51-56H,9-10,13-14,17-18H2,1-8H3. The molecule has 0 amide bonds. The maximum Gasteiger partial charge on any atom is 0.201 e. The molecule has 2 unspecified atom stereocenters. The Kier molecular flexibility index (Phi) is 11.8. The Balaban J connectivity index is 1.59. The van der Waals surface area contributed by atoms with Crippen molar-refractivity contribution in [1.82, 2.24) is 0 Å². The molecule has 58 heavy (non-hydrogen) atoms. The number of carbonyl (C=O) groups is 2. The second-order valence-electron chi connectivity index (χ2n) is 16.6. The van der Waals surface area contributed by atoms with Crippen LogP contribution in [-0.2, 0) is 12.8 Å². The normalized spacial score (nSPS) is 16.0. The summed E-state index contributed by atoms with van der Waals surface area (Å²) in [5.41, 5.74) is 6.99. The molecule has 0 fully saturated rings. The molecule has 4 aromatic rings. The number of aromatic hydroxyl groups is 6. The summed E-state index contributed by atoms with van der Waals surface area (Å²) in [6.07, 6.45) is 11.6. The Labute approximate surface area is 340 Å². The predicted molar refractivity (Wildman–Crippen MR) is 228 cm³/mol. The minimum atomic E-state index is -0.964. The van der Waals surface area contributed by atoms with Crippen molar-refractivity contribution in [2.45, 2.75) is 106 Å². The molecule has 8 nitrogen and oxygen atoms in total. The summed E-state index contributed by atoms with van der Waals surface area (Å²) in [5, 5.41) is 70.2. The number of benzene rings is 4. The summed E-state index contributed by atoms with van der Waals surface area (Å²) in [7, 11) is 0. The first kappa shape index (κ1) is 41.6. The lowest BCUT2D eigenvalue weighted by Crippen LogP contribution is -2.30. The van der Waals surface area contributed by atoms with Gasteiger partial charge < -0.3 is 30.6 Å². The molecule has 6 rings (SSSR count). The Hall–Kier alpha value is -6.02. The van der Waals surface area contributed by atoms with Crippen molar-refractivity contribution in [3.05, 3.63) is 150 Å². The Morgan fingerprint density at radius 2 is 0.828 bits per heavy atom. The fourth-order valence-electron chi connectivity index (χ4n) is 8.61. The molecule has 2 aliphatic rings. The van der Waals surface area contributed by atoms with Gasteiger partial charge in [0.05, 0.1) is 22.3 Å². The smallest absolute Gasteiger partial charge is 0.201 e. The van der Waals surface area contributed by atoms with Gasteiger partial charge in [0.2, 0.25) is 11.6 Å². The van der Waals surface area contributed by atoms with Crippen LogP contribution in [0.25, 0.3) is 0 Å². The minimum Gasteiger partial charge on any atom is -0.508 e. The molecular weight excluding hydrogens is 729 g/mol. The number of allylic oxidation sites excluding steroid dienone is 8. The molecule has 0 aromatic heterocycles.